The van der Waals surface area contributed by atoms with Gasteiger partial charge in [-0.2, -0.15) is 0 Å². The van der Waals surface area contributed by atoms with E-state index in [0.717, 1.165) is 29.2 Å². The van der Waals surface area contributed by atoms with E-state index in [-0.39, 0.29) is 18.0 Å². The van der Waals surface area contributed by atoms with Crippen molar-refractivity contribution in [3.63, 3.8) is 0 Å². The molecule has 0 radical (unpaired) electrons. The number of urea groups is 2. The van der Waals surface area contributed by atoms with Crippen LogP contribution in [0, 0.1) is 0 Å². The van der Waals surface area contributed by atoms with Crippen molar-refractivity contribution >= 4 is 35.4 Å². The van der Waals surface area contributed by atoms with E-state index >= 15 is 0 Å². The molecule has 1 aliphatic heterocycles. The molecular formula is C23H27N5O3S. The predicted octanol–water partition coefficient (Wildman–Crippen LogP) is 3.75. The van der Waals surface area contributed by atoms with Crippen LogP contribution in [0.1, 0.15) is 37.7 Å². The number of nitrogens with zero attached hydrogens (tertiary/aromatic N) is 2. The Labute approximate surface area is 191 Å². The molecule has 2 aliphatic rings. The maximum atomic E-state index is 12.6. The highest BCUT2D eigenvalue weighted by Crippen LogP contribution is 2.35. The standard InChI is InChI=1S/C23H27N5O3S/c29-20-23(10-2-3-11-23)27-22(31)28(20)14-6-13-25-21(30)26-18-8-5-7-17(15-18)16-32-19-9-1-4-12-24-19/h1,4-5,7-9,12,15H,2-3,6,10-11,13-14,16H2,(H,27,31)(H2,25,26,30). The third kappa shape index (κ3) is 5.21. The van der Waals surface area contributed by atoms with Crippen LogP contribution in [0.15, 0.2) is 53.7 Å². The van der Waals surface area contributed by atoms with Gasteiger partial charge in [0.15, 0.2) is 0 Å². The number of amides is 5. The molecule has 2 aromatic rings. The highest BCUT2D eigenvalue weighted by molar-refractivity contribution is 7.98. The van der Waals surface area contributed by atoms with E-state index in [1.807, 2.05) is 42.5 Å². The highest BCUT2D eigenvalue weighted by atomic mass is 32.2. The zero-order valence-corrected chi connectivity index (χ0v) is 18.6. The predicted molar refractivity (Wildman–Crippen MR) is 123 cm³/mol. The zero-order valence-electron chi connectivity index (χ0n) is 17.8. The van der Waals surface area contributed by atoms with Gasteiger partial charge in [0.1, 0.15) is 5.54 Å². The first-order valence-electron chi connectivity index (χ1n) is 10.9. The second kappa shape index (κ2) is 10.0. The van der Waals surface area contributed by atoms with Crippen LogP contribution in [0.4, 0.5) is 15.3 Å². The van der Waals surface area contributed by atoms with E-state index in [2.05, 4.69) is 20.9 Å². The van der Waals surface area contributed by atoms with Crippen molar-refractivity contribution in [1.29, 1.82) is 0 Å². The van der Waals surface area contributed by atoms with Crippen LogP contribution in [0.2, 0.25) is 0 Å². The van der Waals surface area contributed by atoms with Crippen LogP contribution in [0.5, 0.6) is 0 Å². The molecule has 8 nitrogen and oxygen atoms in total. The Balaban J connectivity index is 1.19. The minimum absolute atomic E-state index is 0.121. The summed E-state index contributed by atoms with van der Waals surface area (Å²) in [4.78, 5) is 42.6. The van der Waals surface area contributed by atoms with Gasteiger partial charge in [0, 0.05) is 30.7 Å². The second-order valence-electron chi connectivity index (χ2n) is 8.07. The molecule has 1 aliphatic carbocycles. The van der Waals surface area contributed by atoms with Gasteiger partial charge < -0.3 is 16.0 Å². The molecule has 32 heavy (non-hydrogen) atoms. The van der Waals surface area contributed by atoms with Gasteiger partial charge in [-0.15, -0.1) is 11.8 Å². The van der Waals surface area contributed by atoms with Crippen molar-refractivity contribution in [2.75, 3.05) is 18.4 Å². The largest absolute Gasteiger partial charge is 0.338 e. The number of thioether (sulfide) groups is 1. The summed E-state index contributed by atoms with van der Waals surface area (Å²) in [5, 5.41) is 9.44. The van der Waals surface area contributed by atoms with Crippen LogP contribution in [-0.4, -0.2) is 46.5 Å². The molecule has 1 aromatic carbocycles. The van der Waals surface area contributed by atoms with Gasteiger partial charge in [-0.25, -0.2) is 14.6 Å². The van der Waals surface area contributed by atoms with Gasteiger partial charge in [0.25, 0.3) is 5.91 Å². The van der Waals surface area contributed by atoms with Gasteiger partial charge >= 0.3 is 12.1 Å². The number of benzene rings is 1. The number of rotatable bonds is 8. The average molecular weight is 454 g/mol. The normalized spacial score (nSPS) is 16.9. The van der Waals surface area contributed by atoms with E-state index < -0.39 is 5.54 Å². The van der Waals surface area contributed by atoms with Crippen LogP contribution >= 0.6 is 11.8 Å². The minimum atomic E-state index is -0.679. The number of carbonyl (C=O) groups is 3. The lowest BCUT2D eigenvalue weighted by Crippen LogP contribution is -2.44. The first kappa shape index (κ1) is 22.1. The van der Waals surface area contributed by atoms with Crippen LogP contribution in [0.25, 0.3) is 0 Å². The Morgan fingerprint density at radius 1 is 1.16 bits per heavy atom. The van der Waals surface area contributed by atoms with E-state index in [4.69, 9.17) is 0 Å². The number of aromatic nitrogens is 1. The Morgan fingerprint density at radius 3 is 2.78 bits per heavy atom. The first-order chi connectivity index (χ1) is 15.6. The van der Waals surface area contributed by atoms with Crippen LogP contribution < -0.4 is 16.0 Å². The second-order valence-corrected chi connectivity index (χ2v) is 9.06. The third-order valence-corrected chi connectivity index (χ3v) is 6.77. The van der Waals surface area contributed by atoms with Crippen molar-refractivity contribution in [3.8, 4) is 0 Å². The summed E-state index contributed by atoms with van der Waals surface area (Å²) < 4.78 is 0. The smallest absolute Gasteiger partial charge is 0.325 e. The maximum Gasteiger partial charge on any atom is 0.325 e. The molecule has 0 unspecified atom stereocenters. The van der Waals surface area contributed by atoms with E-state index in [0.29, 0.717) is 38.0 Å². The molecule has 1 spiro atoms. The van der Waals surface area contributed by atoms with Gasteiger partial charge in [-0.3, -0.25) is 9.69 Å². The van der Waals surface area contributed by atoms with E-state index in [9.17, 15) is 14.4 Å². The summed E-state index contributed by atoms with van der Waals surface area (Å²) in [6.07, 6.45) is 5.63. The Kier molecular flexibility index (Phi) is 6.94. The van der Waals surface area contributed by atoms with Gasteiger partial charge in [0.2, 0.25) is 0 Å². The summed E-state index contributed by atoms with van der Waals surface area (Å²) in [5.41, 5.74) is 1.11. The quantitative estimate of drug-likeness (QED) is 0.321. The summed E-state index contributed by atoms with van der Waals surface area (Å²) in [7, 11) is 0. The number of anilines is 1. The monoisotopic (exact) mass is 453 g/mol. The summed E-state index contributed by atoms with van der Waals surface area (Å²) in [6.45, 7) is 0.665. The fraction of sp³-hybridized carbons (Fsp3) is 0.391. The SMILES string of the molecule is O=C(NCCCN1C(=O)NC2(CCCC2)C1=O)Nc1cccc(CSc2ccccn2)c1. The molecule has 3 N–H and O–H groups in total. The van der Waals surface area contributed by atoms with Crippen molar-refractivity contribution in [2.45, 2.75) is 48.4 Å². The number of pyridine rings is 1. The first-order valence-corrected chi connectivity index (χ1v) is 11.9. The fourth-order valence-electron chi connectivity index (χ4n) is 4.14. The van der Waals surface area contributed by atoms with Crippen molar-refractivity contribution in [3.05, 3.63) is 54.2 Å². The van der Waals surface area contributed by atoms with Gasteiger partial charge in [-0.05, 0) is 49.1 Å². The number of imide groups is 1. The molecule has 5 amide bonds. The van der Waals surface area contributed by atoms with Gasteiger partial charge in [0.05, 0.1) is 5.03 Å². The lowest BCUT2D eigenvalue weighted by Gasteiger charge is -2.20. The molecular weight excluding hydrogens is 426 g/mol. The minimum Gasteiger partial charge on any atom is -0.338 e. The topological polar surface area (TPSA) is 103 Å². The number of hydrogen-bond acceptors (Lipinski definition) is 5. The lowest BCUT2D eigenvalue weighted by molar-refractivity contribution is -0.131. The lowest BCUT2D eigenvalue weighted by atomic mass is 9.98. The molecule has 1 aromatic heterocycles. The molecule has 2 heterocycles. The van der Waals surface area contributed by atoms with Crippen molar-refractivity contribution in [2.24, 2.45) is 0 Å². The van der Waals surface area contributed by atoms with E-state index in [1.165, 1.54) is 4.90 Å². The molecule has 1 saturated heterocycles. The third-order valence-electron chi connectivity index (χ3n) is 5.76. The van der Waals surface area contributed by atoms with Crippen LogP contribution in [0.3, 0.4) is 0 Å². The number of carbonyl (C=O) groups excluding carboxylic acids is 3. The summed E-state index contributed by atoms with van der Waals surface area (Å²) >= 11 is 1.63. The molecule has 1 saturated carbocycles. The summed E-state index contributed by atoms with van der Waals surface area (Å²) in [6, 6.07) is 12.9. The fourth-order valence-corrected chi connectivity index (χ4v) is 4.94. The summed E-state index contributed by atoms with van der Waals surface area (Å²) in [5.74, 6) is 0.631. The zero-order chi connectivity index (χ0) is 22.4. The number of nitrogens with one attached hydrogen (secondary N) is 3. The molecule has 4 rings (SSSR count). The Morgan fingerprint density at radius 2 is 2.00 bits per heavy atom. The van der Waals surface area contributed by atoms with E-state index in [1.54, 1.807) is 18.0 Å². The molecule has 2 fully saturated rings. The van der Waals surface area contributed by atoms with Crippen molar-refractivity contribution < 1.29 is 14.4 Å². The average Bonchev–Trinajstić information content (AvgIpc) is 3.36. The highest BCUT2D eigenvalue weighted by Gasteiger charge is 2.51. The molecule has 0 atom stereocenters. The Bertz CT molecular complexity index is 979. The molecule has 9 heteroatoms. The maximum absolute atomic E-state index is 12.6. The van der Waals surface area contributed by atoms with Crippen molar-refractivity contribution in [1.82, 2.24) is 20.5 Å². The van der Waals surface area contributed by atoms with Gasteiger partial charge in [-0.1, -0.05) is 31.0 Å². The molecule has 168 valence electrons. The molecule has 0 bridgehead atoms. The number of hydrogen-bond donors (Lipinski definition) is 3. The van der Waals surface area contributed by atoms with Crippen LogP contribution in [-0.2, 0) is 10.5 Å². The Hall–Kier alpha value is -3.07.